The number of halogens is 2. The summed E-state index contributed by atoms with van der Waals surface area (Å²) < 4.78 is 12.9. The first-order valence-corrected chi connectivity index (χ1v) is 5.89. The highest BCUT2D eigenvalue weighted by molar-refractivity contribution is 6.31. The van der Waals surface area contributed by atoms with Crippen LogP contribution in [0.1, 0.15) is 23.2 Å². The lowest BCUT2D eigenvalue weighted by atomic mass is 10.1. The van der Waals surface area contributed by atoms with Gasteiger partial charge in [-0.15, -0.1) is 0 Å². The van der Waals surface area contributed by atoms with Gasteiger partial charge in [0.15, 0.2) is 0 Å². The molecule has 3 N–H and O–H groups in total. The first kappa shape index (κ1) is 15.9. The summed E-state index contributed by atoms with van der Waals surface area (Å²) in [6, 6.07) is 1.83. The van der Waals surface area contributed by atoms with Gasteiger partial charge >= 0.3 is 11.9 Å². The van der Waals surface area contributed by atoms with E-state index in [2.05, 4.69) is 5.32 Å². The molecule has 0 heterocycles. The molecule has 1 atom stereocenters. The number of nitrogens with one attached hydrogen (secondary N) is 1. The van der Waals surface area contributed by atoms with Gasteiger partial charge in [-0.25, -0.2) is 9.18 Å². The molecule has 1 rings (SSSR count). The van der Waals surface area contributed by atoms with E-state index in [0.717, 1.165) is 18.2 Å². The Balaban J connectivity index is 2.77. The van der Waals surface area contributed by atoms with Gasteiger partial charge in [0, 0.05) is 12.0 Å². The van der Waals surface area contributed by atoms with Gasteiger partial charge in [-0.3, -0.25) is 9.59 Å². The second-order valence-electron chi connectivity index (χ2n) is 3.93. The summed E-state index contributed by atoms with van der Waals surface area (Å²) in [7, 11) is 0. The van der Waals surface area contributed by atoms with Gasteiger partial charge in [-0.2, -0.15) is 0 Å². The molecule has 1 aromatic carbocycles. The normalized spacial score (nSPS) is 11.7. The molecule has 0 saturated heterocycles. The average Bonchev–Trinajstić information content (AvgIpc) is 2.36. The second kappa shape index (κ2) is 6.85. The Kier molecular flexibility index (Phi) is 5.45. The number of carbonyl (C=O) groups is 3. The Morgan fingerprint density at radius 3 is 2.45 bits per heavy atom. The van der Waals surface area contributed by atoms with Gasteiger partial charge < -0.3 is 15.5 Å². The summed E-state index contributed by atoms with van der Waals surface area (Å²) in [4.78, 5) is 33.1. The van der Waals surface area contributed by atoms with E-state index in [0.29, 0.717) is 0 Å². The predicted octanol–water partition coefficient (Wildman–Crippen LogP) is 1.53. The van der Waals surface area contributed by atoms with Crippen LogP contribution in [0.15, 0.2) is 18.2 Å². The molecular weight excluding hydrogens is 293 g/mol. The van der Waals surface area contributed by atoms with Crippen molar-refractivity contribution in [1.29, 1.82) is 0 Å². The third-order valence-electron chi connectivity index (χ3n) is 2.43. The lowest BCUT2D eigenvalue weighted by Gasteiger charge is -2.13. The van der Waals surface area contributed by atoms with Crippen LogP contribution < -0.4 is 5.32 Å². The quantitative estimate of drug-likeness (QED) is 0.739. The van der Waals surface area contributed by atoms with Crippen LogP contribution in [-0.4, -0.2) is 34.1 Å². The number of amides is 1. The molecule has 0 spiro atoms. The largest absolute Gasteiger partial charge is 0.481 e. The fourth-order valence-corrected chi connectivity index (χ4v) is 1.58. The first-order valence-electron chi connectivity index (χ1n) is 5.51. The van der Waals surface area contributed by atoms with Crippen LogP contribution in [0.25, 0.3) is 0 Å². The summed E-state index contributed by atoms with van der Waals surface area (Å²) in [5.41, 5.74) is -0.0158. The van der Waals surface area contributed by atoms with Gasteiger partial charge in [0.25, 0.3) is 5.91 Å². The zero-order valence-electron chi connectivity index (χ0n) is 10.1. The molecule has 0 aliphatic heterocycles. The maximum Gasteiger partial charge on any atom is 0.326 e. The summed E-state index contributed by atoms with van der Waals surface area (Å²) in [6.45, 7) is 0. The van der Waals surface area contributed by atoms with Crippen molar-refractivity contribution in [1.82, 2.24) is 5.32 Å². The van der Waals surface area contributed by atoms with E-state index in [1.807, 2.05) is 0 Å². The van der Waals surface area contributed by atoms with E-state index in [-0.39, 0.29) is 17.0 Å². The molecule has 1 amide bonds. The molecule has 0 saturated carbocycles. The fourth-order valence-electron chi connectivity index (χ4n) is 1.40. The van der Waals surface area contributed by atoms with Crippen LogP contribution in [0.2, 0.25) is 5.02 Å². The van der Waals surface area contributed by atoms with Crippen molar-refractivity contribution in [2.45, 2.75) is 18.9 Å². The Bertz CT molecular complexity index is 549. The lowest BCUT2D eigenvalue weighted by molar-refractivity contribution is -0.140. The van der Waals surface area contributed by atoms with Crippen molar-refractivity contribution in [2.24, 2.45) is 0 Å². The Labute approximate surface area is 118 Å². The molecule has 1 aromatic rings. The van der Waals surface area contributed by atoms with E-state index in [9.17, 15) is 18.8 Å². The maximum absolute atomic E-state index is 12.9. The van der Waals surface area contributed by atoms with Crippen LogP contribution in [0, 0.1) is 5.82 Å². The van der Waals surface area contributed by atoms with E-state index in [1.54, 1.807) is 0 Å². The van der Waals surface area contributed by atoms with Crippen molar-refractivity contribution >= 4 is 29.4 Å². The molecule has 20 heavy (non-hydrogen) atoms. The number of aliphatic carboxylic acids is 2. The number of carbonyl (C=O) groups excluding carboxylic acids is 1. The summed E-state index contributed by atoms with van der Waals surface area (Å²) in [5, 5.41) is 19.3. The Morgan fingerprint density at radius 2 is 1.95 bits per heavy atom. The number of hydrogen-bond acceptors (Lipinski definition) is 3. The minimum absolute atomic E-state index is 0.0158. The van der Waals surface area contributed by atoms with Crippen molar-refractivity contribution in [3.8, 4) is 0 Å². The number of hydrogen-bond donors (Lipinski definition) is 3. The molecule has 0 fully saturated rings. The summed E-state index contributed by atoms with van der Waals surface area (Å²) in [6.07, 6.45) is -0.660. The molecule has 8 heteroatoms. The number of rotatable bonds is 6. The molecule has 6 nitrogen and oxygen atoms in total. The topological polar surface area (TPSA) is 104 Å². The molecule has 0 radical (unpaired) electrons. The van der Waals surface area contributed by atoms with Gasteiger partial charge in [0.1, 0.15) is 11.9 Å². The average molecular weight is 304 g/mol. The number of carboxylic acids is 2. The molecular formula is C12H11ClFNO5. The molecule has 0 aliphatic carbocycles. The van der Waals surface area contributed by atoms with E-state index >= 15 is 0 Å². The third kappa shape index (κ3) is 4.51. The minimum Gasteiger partial charge on any atom is -0.481 e. The van der Waals surface area contributed by atoms with Crippen LogP contribution in [0.4, 0.5) is 4.39 Å². The minimum atomic E-state index is -1.35. The van der Waals surface area contributed by atoms with Crippen molar-refractivity contribution in [2.75, 3.05) is 0 Å². The van der Waals surface area contributed by atoms with Gasteiger partial charge in [-0.1, -0.05) is 11.6 Å². The van der Waals surface area contributed by atoms with Crippen molar-refractivity contribution in [3.05, 3.63) is 34.6 Å². The number of carboxylic acid groups (broad SMARTS) is 2. The van der Waals surface area contributed by atoms with Crippen LogP contribution in [-0.2, 0) is 9.59 Å². The van der Waals surface area contributed by atoms with Crippen molar-refractivity contribution in [3.63, 3.8) is 0 Å². The SMILES string of the molecule is O=C(O)CCC(NC(=O)c1ccc(F)c(Cl)c1)C(=O)O. The monoisotopic (exact) mass is 303 g/mol. The van der Waals surface area contributed by atoms with E-state index < -0.39 is 36.1 Å². The highest BCUT2D eigenvalue weighted by Crippen LogP contribution is 2.16. The highest BCUT2D eigenvalue weighted by atomic mass is 35.5. The maximum atomic E-state index is 12.9. The second-order valence-corrected chi connectivity index (χ2v) is 4.33. The predicted molar refractivity (Wildman–Crippen MR) is 67.2 cm³/mol. The summed E-state index contributed by atoms with van der Waals surface area (Å²) in [5.74, 6) is -4.00. The fraction of sp³-hybridized carbons (Fsp3) is 0.250. The number of benzene rings is 1. The van der Waals surface area contributed by atoms with Gasteiger partial charge in [-0.05, 0) is 24.6 Å². The molecule has 0 bridgehead atoms. The molecule has 108 valence electrons. The standard InChI is InChI=1S/C12H11ClFNO5/c13-7-5-6(1-2-8(7)14)11(18)15-9(12(19)20)3-4-10(16)17/h1-2,5,9H,3-4H2,(H,15,18)(H,16,17)(H,19,20). The first-order chi connectivity index (χ1) is 9.31. The zero-order chi connectivity index (χ0) is 15.3. The Morgan fingerprint density at radius 1 is 1.30 bits per heavy atom. The van der Waals surface area contributed by atoms with Gasteiger partial charge in [0.05, 0.1) is 5.02 Å². The van der Waals surface area contributed by atoms with Crippen LogP contribution in [0.3, 0.4) is 0 Å². The van der Waals surface area contributed by atoms with Crippen LogP contribution >= 0.6 is 11.6 Å². The third-order valence-corrected chi connectivity index (χ3v) is 2.72. The van der Waals surface area contributed by atoms with E-state index in [4.69, 9.17) is 21.8 Å². The highest BCUT2D eigenvalue weighted by Gasteiger charge is 2.21. The smallest absolute Gasteiger partial charge is 0.326 e. The molecule has 0 aliphatic rings. The molecule has 0 aromatic heterocycles. The zero-order valence-corrected chi connectivity index (χ0v) is 10.9. The Hall–Kier alpha value is -2.15. The summed E-state index contributed by atoms with van der Waals surface area (Å²) >= 11 is 5.51. The molecule has 1 unspecified atom stereocenters. The van der Waals surface area contributed by atoms with Gasteiger partial charge in [0.2, 0.25) is 0 Å². The van der Waals surface area contributed by atoms with Crippen LogP contribution in [0.5, 0.6) is 0 Å². The lowest BCUT2D eigenvalue weighted by Crippen LogP contribution is -2.41. The van der Waals surface area contributed by atoms with Crippen molar-refractivity contribution < 1.29 is 29.0 Å². The van der Waals surface area contributed by atoms with E-state index in [1.165, 1.54) is 0 Å².